The van der Waals surface area contributed by atoms with E-state index in [1.807, 2.05) is 18.5 Å². The van der Waals surface area contributed by atoms with Crippen LogP contribution in [-0.2, 0) is 18.3 Å². The molecular formula is C17H31N7O. The van der Waals surface area contributed by atoms with Crippen LogP contribution in [0.3, 0.4) is 0 Å². The van der Waals surface area contributed by atoms with Gasteiger partial charge in [-0.2, -0.15) is 0 Å². The molecule has 3 rings (SSSR count). The van der Waals surface area contributed by atoms with Crippen LogP contribution < -0.4 is 10.6 Å². The van der Waals surface area contributed by atoms with Gasteiger partial charge in [-0.25, -0.2) is 4.99 Å². The topological polar surface area (TPSA) is 79.6 Å². The molecule has 2 fully saturated rings. The zero-order valence-electron chi connectivity index (χ0n) is 15.7. The third kappa shape index (κ3) is 4.70. The molecule has 0 aromatic carbocycles. The molecule has 0 amide bonds. The maximum absolute atomic E-state index is 5.48. The van der Waals surface area contributed by atoms with E-state index in [4.69, 9.17) is 9.73 Å². The van der Waals surface area contributed by atoms with Crippen molar-refractivity contribution >= 4 is 5.96 Å². The lowest BCUT2D eigenvalue weighted by Gasteiger charge is -2.24. The number of nitrogens with one attached hydrogen (secondary N) is 2. The number of likely N-dealkylation sites (N-methyl/N-ethyl adjacent to an activating group) is 1. The molecule has 0 aliphatic carbocycles. The Hall–Kier alpha value is -1.67. The summed E-state index contributed by atoms with van der Waals surface area (Å²) in [5, 5.41) is 15.3. The van der Waals surface area contributed by atoms with Crippen LogP contribution in [0.25, 0.3) is 0 Å². The number of aliphatic imine (C=N–C) groups is 1. The molecule has 2 unspecified atom stereocenters. The molecule has 140 valence electrons. The van der Waals surface area contributed by atoms with Crippen molar-refractivity contribution in [2.45, 2.75) is 51.7 Å². The summed E-state index contributed by atoms with van der Waals surface area (Å²) in [6.45, 7) is 9.50. The largest absolute Gasteiger partial charge is 0.379 e. The van der Waals surface area contributed by atoms with Crippen molar-refractivity contribution in [1.29, 1.82) is 0 Å². The molecule has 1 aromatic rings. The lowest BCUT2D eigenvalue weighted by atomic mass is 10.2. The van der Waals surface area contributed by atoms with Gasteiger partial charge in [0.15, 0.2) is 11.8 Å². The molecule has 3 heterocycles. The van der Waals surface area contributed by atoms with E-state index in [1.165, 1.54) is 19.4 Å². The van der Waals surface area contributed by atoms with Gasteiger partial charge in [-0.3, -0.25) is 4.90 Å². The first-order valence-corrected chi connectivity index (χ1v) is 9.39. The van der Waals surface area contributed by atoms with Crippen molar-refractivity contribution in [3.05, 3.63) is 11.6 Å². The first kappa shape index (κ1) is 18.1. The maximum Gasteiger partial charge on any atom is 0.192 e. The lowest BCUT2D eigenvalue weighted by Crippen LogP contribution is -2.48. The second-order valence-corrected chi connectivity index (χ2v) is 6.90. The van der Waals surface area contributed by atoms with Crippen molar-refractivity contribution in [3.8, 4) is 0 Å². The van der Waals surface area contributed by atoms with Crippen LogP contribution >= 0.6 is 0 Å². The zero-order chi connectivity index (χ0) is 17.6. The molecule has 2 atom stereocenters. The fourth-order valence-corrected chi connectivity index (χ4v) is 3.49. The van der Waals surface area contributed by atoms with E-state index >= 15 is 0 Å². The van der Waals surface area contributed by atoms with Crippen LogP contribution in [0.2, 0.25) is 0 Å². The summed E-state index contributed by atoms with van der Waals surface area (Å²) >= 11 is 0. The molecule has 2 aliphatic heterocycles. The van der Waals surface area contributed by atoms with E-state index in [1.54, 1.807) is 0 Å². The van der Waals surface area contributed by atoms with E-state index in [0.717, 1.165) is 50.3 Å². The standard InChI is InChI=1S/C17H31N7O/c1-4-24-8-5-6-15(24)10-18-17(20-14-7-9-25-12-14)19-11-16-22-21-13(2)23(16)3/h14-15H,4-12H2,1-3H3,(H2,18,19,20). The summed E-state index contributed by atoms with van der Waals surface area (Å²) in [4.78, 5) is 7.28. The molecule has 2 N–H and O–H groups in total. The summed E-state index contributed by atoms with van der Waals surface area (Å²) in [6, 6.07) is 0.923. The molecule has 8 heteroatoms. The Bertz CT molecular complexity index is 580. The molecule has 1 aromatic heterocycles. The number of rotatable bonds is 6. The van der Waals surface area contributed by atoms with Crippen LogP contribution in [0.4, 0.5) is 0 Å². The Kier molecular flexibility index (Phi) is 6.25. The molecule has 25 heavy (non-hydrogen) atoms. The fraction of sp³-hybridized carbons (Fsp3) is 0.824. The second-order valence-electron chi connectivity index (χ2n) is 6.90. The molecule has 2 saturated heterocycles. The van der Waals surface area contributed by atoms with Gasteiger partial charge in [0.25, 0.3) is 0 Å². The van der Waals surface area contributed by atoms with Crippen molar-refractivity contribution in [3.63, 3.8) is 0 Å². The van der Waals surface area contributed by atoms with Gasteiger partial charge in [0.2, 0.25) is 0 Å². The van der Waals surface area contributed by atoms with Crippen molar-refractivity contribution in [2.75, 3.05) is 32.8 Å². The number of nitrogens with zero attached hydrogens (tertiary/aromatic N) is 5. The number of aromatic nitrogens is 3. The number of ether oxygens (including phenoxy) is 1. The molecular weight excluding hydrogens is 318 g/mol. The third-order valence-electron chi connectivity index (χ3n) is 5.24. The normalized spacial score (nSPS) is 24.8. The number of likely N-dealkylation sites (tertiary alicyclic amines) is 1. The number of hydrogen-bond acceptors (Lipinski definition) is 5. The van der Waals surface area contributed by atoms with Crippen LogP contribution in [0.5, 0.6) is 0 Å². The van der Waals surface area contributed by atoms with Gasteiger partial charge >= 0.3 is 0 Å². The number of aryl methyl sites for hydroxylation is 1. The van der Waals surface area contributed by atoms with E-state index in [0.29, 0.717) is 18.6 Å². The Morgan fingerprint density at radius 1 is 1.36 bits per heavy atom. The van der Waals surface area contributed by atoms with Crippen molar-refractivity contribution < 1.29 is 4.74 Å². The molecule has 0 radical (unpaired) electrons. The van der Waals surface area contributed by atoms with Crippen LogP contribution in [0, 0.1) is 6.92 Å². The monoisotopic (exact) mass is 349 g/mol. The van der Waals surface area contributed by atoms with Gasteiger partial charge in [-0.05, 0) is 39.3 Å². The smallest absolute Gasteiger partial charge is 0.192 e. The Morgan fingerprint density at radius 2 is 2.24 bits per heavy atom. The summed E-state index contributed by atoms with van der Waals surface area (Å²) in [5.41, 5.74) is 0. The summed E-state index contributed by atoms with van der Waals surface area (Å²) in [6.07, 6.45) is 3.56. The Morgan fingerprint density at radius 3 is 2.92 bits per heavy atom. The van der Waals surface area contributed by atoms with E-state index in [-0.39, 0.29) is 0 Å². The van der Waals surface area contributed by atoms with E-state index < -0.39 is 0 Å². The molecule has 8 nitrogen and oxygen atoms in total. The Balaban J connectivity index is 1.61. The highest BCUT2D eigenvalue weighted by atomic mass is 16.5. The predicted octanol–water partition coefficient (Wildman–Crippen LogP) is 0.432. The first-order valence-electron chi connectivity index (χ1n) is 9.39. The van der Waals surface area contributed by atoms with Gasteiger partial charge < -0.3 is 19.9 Å². The molecule has 2 aliphatic rings. The summed E-state index contributed by atoms with van der Waals surface area (Å²) in [7, 11) is 1.98. The highest BCUT2D eigenvalue weighted by Crippen LogP contribution is 2.15. The van der Waals surface area contributed by atoms with Crippen LogP contribution in [0.1, 0.15) is 37.8 Å². The van der Waals surface area contributed by atoms with Gasteiger partial charge in [0.1, 0.15) is 12.4 Å². The summed E-state index contributed by atoms with van der Waals surface area (Å²) < 4.78 is 7.46. The van der Waals surface area contributed by atoms with Crippen LogP contribution in [0.15, 0.2) is 4.99 Å². The number of guanidine groups is 1. The summed E-state index contributed by atoms with van der Waals surface area (Å²) in [5.74, 6) is 2.62. The predicted molar refractivity (Wildman–Crippen MR) is 97.5 cm³/mol. The minimum atomic E-state index is 0.332. The third-order valence-corrected chi connectivity index (χ3v) is 5.24. The zero-order valence-corrected chi connectivity index (χ0v) is 15.7. The fourth-order valence-electron chi connectivity index (χ4n) is 3.49. The van der Waals surface area contributed by atoms with Gasteiger partial charge in [0, 0.05) is 26.2 Å². The van der Waals surface area contributed by atoms with Gasteiger partial charge in [0.05, 0.1) is 12.6 Å². The second kappa shape index (κ2) is 8.62. The quantitative estimate of drug-likeness (QED) is 0.573. The average molecular weight is 349 g/mol. The highest BCUT2D eigenvalue weighted by Gasteiger charge is 2.23. The number of hydrogen-bond donors (Lipinski definition) is 2. The highest BCUT2D eigenvalue weighted by molar-refractivity contribution is 5.80. The average Bonchev–Trinajstić information content (AvgIpc) is 3.34. The molecule has 0 saturated carbocycles. The maximum atomic E-state index is 5.48. The minimum Gasteiger partial charge on any atom is -0.379 e. The first-order chi connectivity index (χ1) is 12.2. The molecule has 0 spiro atoms. The van der Waals surface area contributed by atoms with Crippen molar-refractivity contribution in [1.82, 2.24) is 30.3 Å². The Labute approximate surface area is 150 Å². The van der Waals surface area contributed by atoms with Crippen molar-refractivity contribution in [2.24, 2.45) is 12.0 Å². The molecule has 0 bridgehead atoms. The van der Waals surface area contributed by atoms with Gasteiger partial charge in [-0.1, -0.05) is 6.92 Å². The van der Waals surface area contributed by atoms with E-state index in [9.17, 15) is 0 Å². The SMILES string of the molecule is CCN1CCCC1CNC(=NCc1nnc(C)n1C)NC1CCOC1. The van der Waals surface area contributed by atoms with Crippen LogP contribution in [-0.4, -0.2) is 70.6 Å². The lowest BCUT2D eigenvalue weighted by molar-refractivity contribution is 0.192. The van der Waals surface area contributed by atoms with Gasteiger partial charge in [-0.15, -0.1) is 10.2 Å². The van der Waals surface area contributed by atoms with E-state index in [2.05, 4.69) is 32.7 Å². The minimum absolute atomic E-state index is 0.332.